The van der Waals surface area contributed by atoms with Crippen molar-refractivity contribution in [2.24, 2.45) is 10.4 Å². The van der Waals surface area contributed by atoms with E-state index >= 15 is 0 Å². The van der Waals surface area contributed by atoms with E-state index < -0.39 is 24.4 Å². The predicted molar refractivity (Wildman–Crippen MR) is 92.2 cm³/mol. The summed E-state index contributed by atoms with van der Waals surface area (Å²) >= 11 is 0. The van der Waals surface area contributed by atoms with Gasteiger partial charge in [0.2, 0.25) is 0 Å². The zero-order chi connectivity index (χ0) is 17.5. The number of rotatable bonds is 4. The van der Waals surface area contributed by atoms with E-state index in [0.29, 0.717) is 25.6 Å². The molecule has 0 radical (unpaired) electrons. The highest BCUT2D eigenvalue weighted by Crippen LogP contribution is 2.46. The molecule has 0 aromatic heterocycles. The van der Waals surface area contributed by atoms with Crippen LogP contribution < -0.4 is 5.32 Å². The van der Waals surface area contributed by atoms with E-state index in [9.17, 15) is 16.8 Å². The van der Waals surface area contributed by atoms with Crippen molar-refractivity contribution < 1.29 is 16.8 Å². The Kier molecular flexibility index (Phi) is 4.76. The van der Waals surface area contributed by atoms with Crippen molar-refractivity contribution in [2.45, 2.75) is 31.4 Å². The van der Waals surface area contributed by atoms with Crippen molar-refractivity contribution in [2.75, 3.05) is 44.4 Å². The monoisotopic (exact) mass is 365 g/mol. The number of aliphatic imine (C=N–C) groups is 1. The Morgan fingerprint density at radius 3 is 2.35 bits per heavy atom. The van der Waals surface area contributed by atoms with E-state index in [1.54, 1.807) is 20.9 Å². The van der Waals surface area contributed by atoms with E-state index in [-0.39, 0.29) is 16.9 Å². The van der Waals surface area contributed by atoms with Gasteiger partial charge < -0.3 is 10.2 Å². The Hall–Kier alpha value is -0.830. The molecule has 7 nitrogen and oxygen atoms in total. The van der Waals surface area contributed by atoms with E-state index in [1.165, 1.54) is 6.26 Å². The molecule has 134 valence electrons. The maximum absolute atomic E-state index is 12.1. The second kappa shape index (κ2) is 5.91. The molecule has 1 N–H and O–H groups in total. The Morgan fingerprint density at radius 2 is 1.91 bits per heavy atom. The van der Waals surface area contributed by atoms with Crippen LogP contribution in [-0.2, 0) is 19.7 Å². The molecule has 1 aliphatic heterocycles. The summed E-state index contributed by atoms with van der Waals surface area (Å²) in [5.41, 5.74) is -0.194. The Bertz CT molecular complexity index is 692. The molecule has 0 bridgehead atoms. The van der Waals surface area contributed by atoms with Gasteiger partial charge in [-0.25, -0.2) is 16.8 Å². The van der Waals surface area contributed by atoms with Crippen molar-refractivity contribution in [3.8, 4) is 0 Å². The molecule has 23 heavy (non-hydrogen) atoms. The molecule has 0 atom stereocenters. The van der Waals surface area contributed by atoms with Gasteiger partial charge in [-0.2, -0.15) is 0 Å². The third-order valence-corrected chi connectivity index (χ3v) is 8.37. The highest BCUT2D eigenvalue weighted by Gasteiger charge is 2.46. The van der Waals surface area contributed by atoms with Crippen molar-refractivity contribution in [1.29, 1.82) is 0 Å². The maximum atomic E-state index is 12.1. The van der Waals surface area contributed by atoms with Crippen LogP contribution in [0.4, 0.5) is 0 Å². The summed E-state index contributed by atoms with van der Waals surface area (Å²) in [5.74, 6) is 0.937. The zero-order valence-corrected chi connectivity index (χ0v) is 15.9. The minimum Gasteiger partial charge on any atom is -0.356 e. The highest BCUT2D eigenvalue weighted by atomic mass is 32.2. The van der Waals surface area contributed by atoms with Crippen LogP contribution in [-0.4, -0.2) is 76.9 Å². The third kappa shape index (κ3) is 4.37. The van der Waals surface area contributed by atoms with Crippen LogP contribution in [0.25, 0.3) is 0 Å². The van der Waals surface area contributed by atoms with Crippen LogP contribution in [0, 0.1) is 5.41 Å². The molecule has 1 aliphatic carbocycles. The van der Waals surface area contributed by atoms with Crippen molar-refractivity contribution in [3.05, 3.63) is 0 Å². The zero-order valence-electron chi connectivity index (χ0n) is 14.3. The highest BCUT2D eigenvalue weighted by molar-refractivity contribution is 7.92. The molecular formula is C14H27N3O4S2. The summed E-state index contributed by atoms with van der Waals surface area (Å²) in [5, 5.41) is 3.25. The van der Waals surface area contributed by atoms with E-state index in [4.69, 9.17) is 0 Å². The molecule has 2 fully saturated rings. The summed E-state index contributed by atoms with van der Waals surface area (Å²) in [6, 6.07) is 0. The molecular weight excluding hydrogens is 338 g/mol. The third-order valence-electron chi connectivity index (χ3n) is 4.70. The first-order valence-electron chi connectivity index (χ1n) is 7.75. The van der Waals surface area contributed by atoms with Gasteiger partial charge in [-0.15, -0.1) is 0 Å². The van der Waals surface area contributed by atoms with Crippen molar-refractivity contribution >= 4 is 25.6 Å². The summed E-state index contributed by atoms with van der Waals surface area (Å²) in [7, 11) is -4.44. The van der Waals surface area contributed by atoms with Gasteiger partial charge >= 0.3 is 0 Å². The summed E-state index contributed by atoms with van der Waals surface area (Å²) in [4.78, 5) is 6.18. The van der Waals surface area contributed by atoms with Gasteiger partial charge in [-0.3, -0.25) is 4.99 Å². The van der Waals surface area contributed by atoms with Gasteiger partial charge in [-0.05, 0) is 26.7 Å². The number of sulfone groups is 2. The SMILES string of the molecule is CN=C(NCC1(CS(C)(=O)=O)CC1)N1CCS(=O)(=O)C(C)(C)C1. The fraction of sp³-hybridized carbons (Fsp3) is 0.929. The van der Waals surface area contributed by atoms with Gasteiger partial charge in [0.05, 0.1) is 16.3 Å². The second-order valence-electron chi connectivity index (χ2n) is 7.47. The average molecular weight is 366 g/mol. The minimum absolute atomic E-state index is 0.106. The largest absolute Gasteiger partial charge is 0.356 e. The summed E-state index contributed by atoms with van der Waals surface area (Å²) in [6.45, 7) is 4.80. The van der Waals surface area contributed by atoms with Gasteiger partial charge in [0.1, 0.15) is 9.84 Å². The van der Waals surface area contributed by atoms with E-state index in [2.05, 4.69) is 10.3 Å². The van der Waals surface area contributed by atoms with Crippen LogP contribution in [0.3, 0.4) is 0 Å². The van der Waals surface area contributed by atoms with Crippen molar-refractivity contribution in [1.82, 2.24) is 10.2 Å². The molecule has 1 heterocycles. The van der Waals surface area contributed by atoms with Crippen molar-refractivity contribution in [3.63, 3.8) is 0 Å². The number of hydrogen-bond donors (Lipinski definition) is 1. The number of hydrogen-bond acceptors (Lipinski definition) is 5. The molecule has 0 unspecified atom stereocenters. The second-order valence-corrected chi connectivity index (χ2v) is 12.4. The quantitative estimate of drug-likeness (QED) is 0.552. The molecule has 9 heteroatoms. The number of nitrogens with one attached hydrogen (secondary N) is 1. The molecule has 2 rings (SSSR count). The van der Waals surface area contributed by atoms with Gasteiger partial charge in [-0.1, -0.05) is 0 Å². The molecule has 1 saturated carbocycles. The lowest BCUT2D eigenvalue weighted by molar-refractivity contribution is 0.350. The number of guanidine groups is 1. The molecule has 0 spiro atoms. The fourth-order valence-electron chi connectivity index (χ4n) is 3.03. The van der Waals surface area contributed by atoms with Crippen LogP contribution in [0.5, 0.6) is 0 Å². The molecule has 0 amide bonds. The molecule has 1 saturated heterocycles. The standard InChI is InChI=1S/C14H27N3O4S2/c1-13(2)10-17(7-8-23(13,20)21)12(15-3)16-9-14(5-6-14)11-22(4,18)19/h5-11H2,1-4H3,(H,15,16). The first-order valence-corrected chi connectivity index (χ1v) is 11.5. The molecule has 0 aromatic carbocycles. The number of nitrogens with zero attached hydrogens (tertiary/aromatic N) is 2. The topological polar surface area (TPSA) is 95.9 Å². The van der Waals surface area contributed by atoms with Crippen LogP contribution in [0.2, 0.25) is 0 Å². The maximum Gasteiger partial charge on any atom is 0.193 e. The first-order chi connectivity index (χ1) is 10.4. The van der Waals surface area contributed by atoms with Gasteiger partial charge in [0.15, 0.2) is 15.8 Å². The van der Waals surface area contributed by atoms with E-state index in [0.717, 1.165) is 12.8 Å². The van der Waals surface area contributed by atoms with E-state index in [1.807, 2.05) is 4.90 Å². The lowest BCUT2D eigenvalue weighted by atomic mass is 10.1. The lowest BCUT2D eigenvalue weighted by Crippen LogP contribution is -2.57. The predicted octanol–water partition coefficient (Wildman–Crippen LogP) is -0.104. The van der Waals surface area contributed by atoms with Crippen LogP contribution in [0.15, 0.2) is 4.99 Å². The minimum atomic E-state index is -3.09. The first kappa shape index (κ1) is 18.5. The Balaban J connectivity index is 2.00. The Labute approximate surface area is 139 Å². The lowest BCUT2D eigenvalue weighted by Gasteiger charge is -2.39. The average Bonchev–Trinajstić information content (AvgIpc) is 3.12. The Morgan fingerprint density at radius 1 is 1.30 bits per heavy atom. The van der Waals surface area contributed by atoms with Crippen LogP contribution >= 0.6 is 0 Å². The smallest absolute Gasteiger partial charge is 0.193 e. The van der Waals surface area contributed by atoms with Gasteiger partial charge in [0, 0.05) is 38.4 Å². The van der Waals surface area contributed by atoms with Crippen LogP contribution in [0.1, 0.15) is 26.7 Å². The normalized spacial score (nSPS) is 25.9. The summed E-state index contributed by atoms with van der Waals surface area (Å²) in [6.07, 6.45) is 3.05. The fourth-order valence-corrected chi connectivity index (χ4v) is 5.90. The molecule has 0 aromatic rings. The summed E-state index contributed by atoms with van der Waals surface area (Å²) < 4.78 is 46.4. The van der Waals surface area contributed by atoms with Gasteiger partial charge in [0.25, 0.3) is 0 Å². The molecule has 2 aliphatic rings.